The molecule has 0 bridgehead atoms. The summed E-state index contributed by atoms with van der Waals surface area (Å²) in [4.78, 5) is 33.5. The average molecular weight is 577 g/mol. The third-order valence-corrected chi connectivity index (χ3v) is 9.54. The minimum atomic E-state index is -0.484. The molecule has 1 atom stereocenters. The maximum Gasteiger partial charge on any atom is 0.253 e. The third kappa shape index (κ3) is 6.19. The summed E-state index contributed by atoms with van der Waals surface area (Å²) in [6.45, 7) is 4.11. The lowest BCUT2D eigenvalue weighted by Gasteiger charge is -2.44. The van der Waals surface area contributed by atoms with Crippen LogP contribution in [0.15, 0.2) is 83.9 Å². The van der Waals surface area contributed by atoms with Crippen LogP contribution in [0.25, 0.3) is 0 Å². The van der Waals surface area contributed by atoms with E-state index in [0.717, 1.165) is 81.4 Å². The first-order valence-corrected chi connectivity index (χ1v) is 14.9. The van der Waals surface area contributed by atoms with E-state index in [4.69, 9.17) is 23.2 Å². The molecule has 2 fully saturated rings. The van der Waals surface area contributed by atoms with E-state index < -0.39 is 5.54 Å². The van der Waals surface area contributed by atoms with Gasteiger partial charge in [-0.2, -0.15) is 4.99 Å². The molecule has 7 heteroatoms. The van der Waals surface area contributed by atoms with Crippen LogP contribution in [0.2, 0.25) is 10.0 Å². The van der Waals surface area contributed by atoms with Gasteiger partial charge in [0.2, 0.25) is 6.08 Å². The number of carbonyl (C=O) groups excluding carboxylic acids is 2. The molecule has 208 valence electrons. The molecule has 0 aliphatic carbocycles. The summed E-state index contributed by atoms with van der Waals surface area (Å²) in [6.07, 6.45) is 7.29. The van der Waals surface area contributed by atoms with Crippen molar-refractivity contribution in [1.82, 2.24) is 9.80 Å². The molecule has 2 saturated heterocycles. The molecule has 5 rings (SSSR count). The minimum Gasteiger partial charge on any atom is -0.338 e. The first kappa shape index (κ1) is 28.6. The summed E-state index contributed by atoms with van der Waals surface area (Å²) in [5, 5.41) is 1.09. The fourth-order valence-electron chi connectivity index (χ4n) is 6.57. The molecule has 3 aromatic rings. The van der Waals surface area contributed by atoms with Crippen molar-refractivity contribution >= 4 is 35.2 Å². The molecular formula is C33H35Cl2N3O2. The van der Waals surface area contributed by atoms with Crippen LogP contribution < -0.4 is 0 Å². The summed E-state index contributed by atoms with van der Waals surface area (Å²) < 4.78 is 0. The number of amides is 1. The number of carbonyl (C=O) groups is 1. The first-order chi connectivity index (χ1) is 19.4. The van der Waals surface area contributed by atoms with Gasteiger partial charge in [0.05, 0.1) is 10.0 Å². The Bertz CT molecular complexity index is 1350. The van der Waals surface area contributed by atoms with E-state index in [1.807, 2.05) is 71.6 Å². The predicted molar refractivity (Wildman–Crippen MR) is 161 cm³/mol. The van der Waals surface area contributed by atoms with Gasteiger partial charge in [0.25, 0.3) is 5.91 Å². The maximum atomic E-state index is 13.4. The van der Waals surface area contributed by atoms with E-state index in [9.17, 15) is 9.59 Å². The molecule has 2 heterocycles. The van der Waals surface area contributed by atoms with Gasteiger partial charge in [-0.25, -0.2) is 4.79 Å². The molecule has 1 unspecified atom stereocenters. The van der Waals surface area contributed by atoms with Gasteiger partial charge in [-0.15, -0.1) is 0 Å². The van der Waals surface area contributed by atoms with Gasteiger partial charge >= 0.3 is 0 Å². The Labute approximate surface area is 246 Å². The molecule has 1 amide bonds. The zero-order chi connectivity index (χ0) is 28.0. The van der Waals surface area contributed by atoms with E-state index in [0.29, 0.717) is 16.6 Å². The number of halogens is 2. The Kier molecular flexibility index (Phi) is 9.07. The van der Waals surface area contributed by atoms with Crippen molar-refractivity contribution in [2.45, 2.75) is 49.5 Å². The fourth-order valence-corrected chi connectivity index (χ4v) is 6.86. The Morgan fingerprint density at radius 2 is 1.55 bits per heavy atom. The number of piperidine rings is 2. The van der Waals surface area contributed by atoms with E-state index in [2.05, 4.69) is 28.1 Å². The number of hydrogen-bond acceptors (Lipinski definition) is 4. The average Bonchev–Trinajstić information content (AvgIpc) is 3.00. The highest BCUT2D eigenvalue weighted by Gasteiger charge is 2.40. The maximum absolute atomic E-state index is 13.4. The van der Waals surface area contributed by atoms with Gasteiger partial charge in [-0.3, -0.25) is 4.79 Å². The van der Waals surface area contributed by atoms with E-state index in [1.54, 1.807) is 0 Å². The quantitative estimate of drug-likeness (QED) is 0.209. The smallest absolute Gasteiger partial charge is 0.253 e. The topological polar surface area (TPSA) is 53.0 Å². The molecule has 0 saturated carbocycles. The predicted octanol–water partition coefficient (Wildman–Crippen LogP) is 7.27. The van der Waals surface area contributed by atoms with Crippen molar-refractivity contribution in [2.75, 3.05) is 32.7 Å². The van der Waals surface area contributed by atoms with Crippen LogP contribution in [0.5, 0.6) is 0 Å². The van der Waals surface area contributed by atoms with Gasteiger partial charge in [-0.05, 0) is 80.5 Å². The lowest BCUT2D eigenvalue weighted by atomic mass is 9.70. The molecule has 3 aromatic carbocycles. The number of likely N-dealkylation sites (tertiary alicyclic amines) is 2. The molecule has 2 aliphatic rings. The van der Waals surface area contributed by atoms with E-state index in [-0.39, 0.29) is 11.3 Å². The summed E-state index contributed by atoms with van der Waals surface area (Å²) in [5.41, 5.74) is 2.28. The number of rotatable bonds is 8. The zero-order valence-electron chi connectivity index (χ0n) is 22.7. The lowest BCUT2D eigenvalue weighted by molar-refractivity contribution is 0.0617. The molecule has 0 spiro atoms. The van der Waals surface area contributed by atoms with Gasteiger partial charge in [0.1, 0.15) is 5.54 Å². The van der Waals surface area contributed by atoms with Gasteiger partial charge < -0.3 is 9.80 Å². The molecule has 5 nitrogen and oxygen atoms in total. The summed E-state index contributed by atoms with van der Waals surface area (Å²) in [7, 11) is 0. The fraction of sp³-hybridized carbons (Fsp3) is 0.394. The largest absolute Gasteiger partial charge is 0.338 e. The summed E-state index contributed by atoms with van der Waals surface area (Å²) in [6, 6.07) is 25.6. The Morgan fingerprint density at radius 3 is 2.23 bits per heavy atom. The molecule has 0 N–H and O–H groups in total. The van der Waals surface area contributed by atoms with Crippen molar-refractivity contribution in [2.24, 2.45) is 4.99 Å². The van der Waals surface area contributed by atoms with Crippen LogP contribution in [0.1, 0.15) is 60.0 Å². The van der Waals surface area contributed by atoms with Crippen LogP contribution in [0.3, 0.4) is 0 Å². The van der Waals surface area contributed by atoms with Gasteiger partial charge in [0, 0.05) is 37.2 Å². The van der Waals surface area contributed by atoms with Crippen LogP contribution in [-0.2, 0) is 15.7 Å². The third-order valence-electron chi connectivity index (χ3n) is 8.80. The van der Waals surface area contributed by atoms with Crippen LogP contribution >= 0.6 is 23.2 Å². The molecule has 40 heavy (non-hydrogen) atoms. The van der Waals surface area contributed by atoms with Crippen LogP contribution in [0.4, 0.5) is 0 Å². The number of aliphatic imine (C=N–C) groups is 1. The van der Waals surface area contributed by atoms with Crippen molar-refractivity contribution in [1.29, 1.82) is 0 Å². The monoisotopic (exact) mass is 575 g/mol. The second-order valence-corrected chi connectivity index (χ2v) is 12.0. The van der Waals surface area contributed by atoms with Crippen molar-refractivity contribution < 1.29 is 9.59 Å². The number of nitrogens with zero attached hydrogens (tertiary/aromatic N) is 3. The lowest BCUT2D eigenvalue weighted by Crippen LogP contribution is -2.49. The normalized spacial score (nSPS) is 21.0. The molecule has 0 radical (unpaired) electrons. The second kappa shape index (κ2) is 12.7. The summed E-state index contributed by atoms with van der Waals surface area (Å²) >= 11 is 12.8. The highest BCUT2D eigenvalue weighted by Crippen LogP contribution is 2.41. The Balaban J connectivity index is 1.29. The number of benzene rings is 3. The van der Waals surface area contributed by atoms with Crippen LogP contribution in [0, 0.1) is 0 Å². The molecular weight excluding hydrogens is 541 g/mol. The molecule has 2 aliphatic heterocycles. The first-order valence-electron chi connectivity index (χ1n) is 14.1. The second-order valence-electron chi connectivity index (χ2n) is 11.2. The van der Waals surface area contributed by atoms with Crippen LogP contribution in [-0.4, -0.2) is 54.5 Å². The van der Waals surface area contributed by atoms with Crippen molar-refractivity contribution in [3.05, 3.63) is 106 Å². The zero-order valence-corrected chi connectivity index (χ0v) is 24.2. The Hall–Kier alpha value is -2.95. The highest BCUT2D eigenvalue weighted by molar-refractivity contribution is 6.42. The standard InChI is InChI=1S/C33H35Cl2N3O2/c34-29-14-13-28(23-30(29)35)32(16-8-20-38(24-32)31(40)26-9-3-1-4-10-26)15-7-19-37-21-17-33(18-22-37,36-25-39)27-11-5-2-6-12-27/h1-6,9-14,23H,7-8,15-22,24H2. The highest BCUT2D eigenvalue weighted by atomic mass is 35.5. The van der Waals surface area contributed by atoms with Crippen molar-refractivity contribution in [3.8, 4) is 0 Å². The Morgan fingerprint density at radius 1 is 0.850 bits per heavy atom. The van der Waals surface area contributed by atoms with Gasteiger partial charge in [-0.1, -0.05) is 77.8 Å². The van der Waals surface area contributed by atoms with E-state index >= 15 is 0 Å². The van der Waals surface area contributed by atoms with Crippen molar-refractivity contribution in [3.63, 3.8) is 0 Å². The number of isocyanates is 1. The minimum absolute atomic E-state index is 0.0775. The van der Waals surface area contributed by atoms with Gasteiger partial charge in [0.15, 0.2) is 0 Å². The van der Waals surface area contributed by atoms with E-state index in [1.165, 1.54) is 0 Å². The summed E-state index contributed by atoms with van der Waals surface area (Å²) in [5.74, 6) is 0.0775. The molecule has 0 aromatic heterocycles. The SMILES string of the molecule is O=C=NC1(c2ccccc2)CCN(CCCC2(c3ccc(Cl)c(Cl)c3)CCCN(C(=O)c3ccccc3)C2)CC1. The number of hydrogen-bond donors (Lipinski definition) is 0.